The maximum Gasteiger partial charge on any atom is 0.249 e. The first-order chi connectivity index (χ1) is 21.5. The Kier molecular flexibility index (Phi) is 7.88. The second-order valence-electron chi connectivity index (χ2n) is 10.3. The zero-order chi connectivity index (χ0) is 30.5. The van der Waals surface area contributed by atoms with Crippen LogP contribution in [0.15, 0.2) is 144 Å². The number of carbonyl (C=O) groups excluding carboxylic acids is 2. The van der Waals surface area contributed by atoms with Gasteiger partial charge in [-0.1, -0.05) is 109 Å². The van der Waals surface area contributed by atoms with Crippen molar-refractivity contribution in [2.24, 2.45) is 21.7 Å². The Balaban J connectivity index is 1.21. The highest BCUT2D eigenvalue weighted by Gasteiger charge is 2.13. The van der Waals surface area contributed by atoms with E-state index in [1.165, 1.54) is 0 Å². The summed E-state index contributed by atoms with van der Waals surface area (Å²) in [6, 6.07) is 42.3. The number of rotatable bonds is 8. The minimum atomic E-state index is -0.497. The molecule has 0 aliphatic rings. The largest absolute Gasteiger partial charge is 0.366 e. The maximum atomic E-state index is 12.4. The van der Waals surface area contributed by atoms with E-state index in [0.29, 0.717) is 22.5 Å². The molecule has 0 bridgehead atoms. The van der Waals surface area contributed by atoms with E-state index < -0.39 is 11.8 Å². The zero-order valence-corrected chi connectivity index (χ0v) is 23.7. The lowest BCUT2D eigenvalue weighted by atomic mass is 9.96. The molecule has 0 radical (unpaired) electrons. The van der Waals surface area contributed by atoms with E-state index in [-0.39, 0.29) is 0 Å². The molecule has 212 valence electrons. The van der Waals surface area contributed by atoms with Gasteiger partial charge in [0.05, 0.1) is 11.4 Å². The number of benzene rings is 6. The average molecular weight is 573 g/mol. The van der Waals surface area contributed by atoms with Crippen molar-refractivity contribution in [3.63, 3.8) is 0 Å². The molecule has 6 nitrogen and oxygen atoms in total. The smallest absolute Gasteiger partial charge is 0.249 e. The number of primary amides is 2. The molecular weight excluding hydrogens is 544 g/mol. The number of nitrogens with zero attached hydrogens (tertiary/aromatic N) is 2. The van der Waals surface area contributed by atoms with Crippen LogP contribution in [0.4, 0.5) is 11.4 Å². The summed E-state index contributed by atoms with van der Waals surface area (Å²) in [5.74, 6) is -0.994. The van der Waals surface area contributed by atoms with E-state index in [9.17, 15) is 9.59 Å². The van der Waals surface area contributed by atoms with Crippen LogP contribution < -0.4 is 11.5 Å². The second-order valence-corrected chi connectivity index (χ2v) is 10.3. The fraction of sp³-hybridized carbons (Fsp3) is 0. The van der Waals surface area contributed by atoms with E-state index in [2.05, 4.69) is 10.2 Å². The molecule has 0 aliphatic carbocycles. The van der Waals surface area contributed by atoms with Gasteiger partial charge in [0.1, 0.15) is 0 Å². The summed E-state index contributed by atoms with van der Waals surface area (Å²) in [6.45, 7) is 0. The molecule has 0 atom stereocenters. The molecule has 0 unspecified atom stereocenters. The molecule has 0 saturated heterocycles. The van der Waals surface area contributed by atoms with Gasteiger partial charge in [0.2, 0.25) is 11.8 Å². The molecule has 4 N–H and O–H groups in total. The minimum Gasteiger partial charge on any atom is -0.366 e. The molecule has 6 rings (SSSR count). The van der Waals surface area contributed by atoms with Crippen molar-refractivity contribution in [3.05, 3.63) is 156 Å². The first-order valence-electron chi connectivity index (χ1n) is 14.1. The van der Waals surface area contributed by atoms with Gasteiger partial charge in [0.25, 0.3) is 0 Å². The zero-order valence-electron chi connectivity index (χ0n) is 23.7. The Morgan fingerprint density at radius 3 is 1.20 bits per heavy atom. The van der Waals surface area contributed by atoms with Crippen LogP contribution in [0.25, 0.3) is 44.8 Å². The second kappa shape index (κ2) is 12.4. The van der Waals surface area contributed by atoms with Gasteiger partial charge in [-0.3, -0.25) is 9.59 Å². The summed E-state index contributed by atoms with van der Waals surface area (Å²) in [6.07, 6.45) is 3.58. The summed E-state index contributed by atoms with van der Waals surface area (Å²) in [5, 5.41) is 12.7. The van der Waals surface area contributed by atoms with Crippen LogP contribution in [0.5, 0.6) is 0 Å². The van der Waals surface area contributed by atoms with Crippen molar-refractivity contribution in [3.8, 4) is 0 Å². The SMILES string of the molecule is NC(=O)C(=Cc1ccc(N=Nc2ccc(C=C(C(N)=O)c3cccc4ccccc34)cc2)cc1)c1cccc2ccccc12. The Morgan fingerprint density at radius 2 is 0.818 bits per heavy atom. The number of nitrogens with two attached hydrogens (primary N) is 2. The Morgan fingerprint density at radius 1 is 0.455 bits per heavy atom. The highest BCUT2D eigenvalue weighted by Crippen LogP contribution is 2.29. The predicted octanol–water partition coefficient (Wildman–Crippen LogP) is 8.46. The quantitative estimate of drug-likeness (QED) is 0.108. The van der Waals surface area contributed by atoms with Crippen LogP contribution in [0.3, 0.4) is 0 Å². The highest BCUT2D eigenvalue weighted by molar-refractivity contribution is 6.27. The number of hydrogen-bond donors (Lipinski definition) is 2. The van der Waals surface area contributed by atoms with Gasteiger partial charge in [0, 0.05) is 11.1 Å². The van der Waals surface area contributed by atoms with E-state index >= 15 is 0 Å². The normalized spacial score (nSPS) is 12.2. The Bertz CT molecular complexity index is 1950. The molecule has 0 saturated carbocycles. The standard InChI is InChI=1S/C38H28N4O2/c39-37(43)35(33-13-5-9-27-7-1-3-11-31(27)33)23-25-15-19-29(20-16-25)41-42-30-21-17-26(18-22-30)24-36(38(40)44)34-14-6-10-28-8-2-4-12-32(28)34/h1-24H,(H2,39,43)(H2,40,44). The third-order valence-electron chi connectivity index (χ3n) is 7.38. The molecule has 2 amide bonds. The van der Waals surface area contributed by atoms with E-state index in [0.717, 1.165) is 43.8 Å². The number of carbonyl (C=O) groups is 2. The van der Waals surface area contributed by atoms with Gasteiger partial charge in [-0.05, 0) is 80.2 Å². The average Bonchev–Trinajstić information content (AvgIpc) is 3.05. The van der Waals surface area contributed by atoms with E-state index in [1.54, 1.807) is 12.2 Å². The lowest BCUT2D eigenvalue weighted by molar-refractivity contribution is -0.113. The third kappa shape index (κ3) is 6.05. The molecule has 44 heavy (non-hydrogen) atoms. The van der Waals surface area contributed by atoms with Crippen molar-refractivity contribution in [2.75, 3.05) is 0 Å². The number of amides is 2. The summed E-state index contributed by atoms with van der Waals surface area (Å²) in [5.41, 5.74) is 17.0. The lowest BCUT2D eigenvalue weighted by Crippen LogP contribution is -2.13. The van der Waals surface area contributed by atoms with Gasteiger partial charge < -0.3 is 11.5 Å². The molecule has 0 fully saturated rings. The third-order valence-corrected chi connectivity index (χ3v) is 7.38. The van der Waals surface area contributed by atoms with E-state index in [4.69, 9.17) is 11.5 Å². The molecule has 0 aromatic heterocycles. The lowest BCUT2D eigenvalue weighted by Gasteiger charge is -2.09. The van der Waals surface area contributed by atoms with Crippen LogP contribution in [-0.2, 0) is 9.59 Å². The molecule has 0 spiro atoms. The van der Waals surface area contributed by atoms with Crippen molar-refractivity contribution in [1.82, 2.24) is 0 Å². The summed E-state index contributed by atoms with van der Waals surface area (Å²) in [7, 11) is 0. The predicted molar refractivity (Wildman–Crippen MR) is 179 cm³/mol. The summed E-state index contributed by atoms with van der Waals surface area (Å²) in [4.78, 5) is 24.8. The number of hydrogen-bond acceptors (Lipinski definition) is 4. The van der Waals surface area contributed by atoms with Gasteiger partial charge in [0.15, 0.2) is 0 Å². The first kappa shape index (κ1) is 28.0. The molecule has 0 aliphatic heterocycles. The van der Waals surface area contributed by atoms with Gasteiger partial charge in [-0.25, -0.2) is 0 Å². The van der Waals surface area contributed by atoms with Crippen LogP contribution in [0, 0.1) is 0 Å². The van der Waals surface area contributed by atoms with Crippen molar-refractivity contribution < 1.29 is 9.59 Å². The fourth-order valence-electron chi connectivity index (χ4n) is 5.21. The minimum absolute atomic E-state index is 0.435. The Hall–Kier alpha value is -6.14. The van der Waals surface area contributed by atoms with Crippen LogP contribution >= 0.6 is 0 Å². The maximum absolute atomic E-state index is 12.4. The molecule has 6 heteroatoms. The van der Waals surface area contributed by atoms with Crippen molar-refractivity contribution in [2.45, 2.75) is 0 Å². The number of fused-ring (bicyclic) bond motifs is 2. The van der Waals surface area contributed by atoms with Crippen LogP contribution in [0.2, 0.25) is 0 Å². The topological polar surface area (TPSA) is 111 Å². The van der Waals surface area contributed by atoms with Gasteiger partial charge >= 0.3 is 0 Å². The first-order valence-corrected chi connectivity index (χ1v) is 14.1. The fourth-order valence-corrected chi connectivity index (χ4v) is 5.21. The monoisotopic (exact) mass is 572 g/mol. The van der Waals surface area contributed by atoms with E-state index in [1.807, 2.05) is 133 Å². The van der Waals surface area contributed by atoms with Crippen molar-refractivity contribution in [1.29, 1.82) is 0 Å². The molecular formula is C38H28N4O2. The van der Waals surface area contributed by atoms with Crippen molar-refractivity contribution >= 4 is 68.0 Å². The summed E-state index contributed by atoms with van der Waals surface area (Å²) < 4.78 is 0. The Labute approximate surface area is 254 Å². The van der Waals surface area contributed by atoms with Gasteiger partial charge in [-0.2, -0.15) is 10.2 Å². The molecule has 0 heterocycles. The van der Waals surface area contributed by atoms with Crippen LogP contribution in [-0.4, -0.2) is 11.8 Å². The summed E-state index contributed by atoms with van der Waals surface area (Å²) >= 11 is 0. The molecule has 6 aromatic rings. The van der Waals surface area contributed by atoms with Gasteiger partial charge in [-0.15, -0.1) is 0 Å². The van der Waals surface area contributed by atoms with Crippen LogP contribution in [0.1, 0.15) is 22.3 Å². The number of azo groups is 1. The molecule has 6 aromatic carbocycles. The highest BCUT2D eigenvalue weighted by atomic mass is 16.1.